The first-order valence-electron chi connectivity index (χ1n) is 6.98. The van der Waals surface area contributed by atoms with E-state index < -0.39 is 5.97 Å². The Kier molecular flexibility index (Phi) is 5.60. The van der Waals surface area contributed by atoms with Crippen LogP contribution in [0.15, 0.2) is 54.6 Å². The van der Waals surface area contributed by atoms with Crippen molar-refractivity contribution in [2.75, 3.05) is 13.7 Å². The lowest BCUT2D eigenvalue weighted by Gasteiger charge is -2.03. The Labute approximate surface area is 129 Å². The van der Waals surface area contributed by atoms with Crippen LogP contribution in [0.1, 0.15) is 12.5 Å². The molecule has 0 bridgehead atoms. The maximum Gasteiger partial charge on any atom is 0.336 e. The van der Waals surface area contributed by atoms with Crippen LogP contribution in [-0.2, 0) is 4.79 Å². The second-order valence-electron chi connectivity index (χ2n) is 4.43. The molecule has 22 heavy (non-hydrogen) atoms. The number of hydrogen-bond acceptors (Lipinski definition) is 4. The quantitative estimate of drug-likeness (QED) is 0.463. The highest BCUT2D eigenvalue weighted by Gasteiger charge is 2.01. The molecule has 0 fully saturated rings. The van der Waals surface area contributed by atoms with Crippen molar-refractivity contribution in [1.29, 1.82) is 0 Å². The Bertz CT molecular complexity index is 627. The summed E-state index contributed by atoms with van der Waals surface area (Å²) in [6.07, 6.45) is 3.08. The summed E-state index contributed by atoms with van der Waals surface area (Å²) in [5.41, 5.74) is 0.898. The third-order valence-electron chi connectivity index (χ3n) is 2.88. The fourth-order valence-electron chi connectivity index (χ4n) is 1.80. The Hall–Kier alpha value is -2.75. The lowest BCUT2D eigenvalue weighted by molar-refractivity contribution is -0.128. The summed E-state index contributed by atoms with van der Waals surface area (Å²) in [5.74, 6) is 1.56. The molecule has 2 aromatic rings. The van der Waals surface area contributed by atoms with Crippen LogP contribution < -0.4 is 14.2 Å². The molecule has 0 aliphatic rings. The van der Waals surface area contributed by atoms with Gasteiger partial charge < -0.3 is 14.2 Å². The van der Waals surface area contributed by atoms with Gasteiger partial charge in [-0.2, -0.15) is 0 Å². The van der Waals surface area contributed by atoms with Crippen molar-refractivity contribution >= 4 is 12.0 Å². The highest BCUT2D eigenvalue weighted by Crippen LogP contribution is 2.17. The minimum absolute atomic E-state index is 0.431. The highest BCUT2D eigenvalue weighted by atomic mass is 16.5. The van der Waals surface area contributed by atoms with Crippen LogP contribution in [0.25, 0.3) is 6.08 Å². The number of carbonyl (C=O) groups excluding carboxylic acids is 1. The van der Waals surface area contributed by atoms with Crippen molar-refractivity contribution in [3.63, 3.8) is 0 Å². The second kappa shape index (κ2) is 7.88. The predicted octanol–water partition coefficient (Wildman–Crippen LogP) is 3.71. The number of benzene rings is 2. The van der Waals surface area contributed by atoms with Crippen LogP contribution in [0.2, 0.25) is 0 Å². The normalized spacial score (nSPS) is 10.5. The van der Waals surface area contributed by atoms with Gasteiger partial charge in [0, 0.05) is 6.08 Å². The van der Waals surface area contributed by atoms with Gasteiger partial charge in [0.1, 0.15) is 17.2 Å². The molecule has 0 heterocycles. The Morgan fingerprint density at radius 1 is 0.955 bits per heavy atom. The number of ether oxygens (including phenoxy) is 3. The van der Waals surface area contributed by atoms with E-state index in [0.29, 0.717) is 18.1 Å². The molecule has 114 valence electrons. The topological polar surface area (TPSA) is 44.8 Å². The van der Waals surface area contributed by atoms with Gasteiger partial charge in [-0.15, -0.1) is 0 Å². The van der Waals surface area contributed by atoms with Crippen LogP contribution >= 0.6 is 0 Å². The molecule has 2 rings (SSSR count). The van der Waals surface area contributed by atoms with Gasteiger partial charge in [-0.3, -0.25) is 0 Å². The van der Waals surface area contributed by atoms with Gasteiger partial charge in [-0.05, 0) is 55.0 Å². The SMILES string of the molecule is CCOc1ccc(C=CC(=O)Oc2ccc(OC)cc2)cc1. The minimum Gasteiger partial charge on any atom is -0.497 e. The monoisotopic (exact) mass is 298 g/mol. The van der Waals surface area contributed by atoms with E-state index in [1.165, 1.54) is 6.08 Å². The molecule has 0 spiro atoms. The average Bonchev–Trinajstić information content (AvgIpc) is 2.55. The summed E-state index contributed by atoms with van der Waals surface area (Å²) in [6.45, 7) is 2.56. The van der Waals surface area contributed by atoms with Gasteiger partial charge in [-0.25, -0.2) is 4.79 Å². The zero-order valence-electron chi connectivity index (χ0n) is 12.6. The molecule has 4 nitrogen and oxygen atoms in total. The van der Waals surface area contributed by atoms with Crippen LogP contribution in [0.5, 0.6) is 17.2 Å². The van der Waals surface area contributed by atoms with Crippen molar-refractivity contribution in [2.45, 2.75) is 6.92 Å². The molecule has 0 aromatic heterocycles. The summed E-state index contributed by atoms with van der Waals surface area (Å²) in [4.78, 5) is 11.7. The van der Waals surface area contributed by atoms with Crippen molar-refractivity contribution in [1.82, 2.24) is 0 Å². The first kappa shape index (κ1) is 15.6. The molecule has 0 aliphatic heterocycles. The number of carbonyl (C=O) groups is 1. The molecular weight excluding hydrogens is 280 g/mol. The third kappa shape index (κ3) is 4.66. The number of hydrogen-bond donors (Lipinski definition) is 0. The third-order valence-corrected chi connectivity index (χ3v) is 2.88. The van der Waals surface area contributed by atoms with Gasteiger partial charge >= 0.3 is 5.97 Å². The molecule has 0 saturated carbocycles. The van der Waals surface area contributed by atoms with E-state index in [1.807, 2.05) is 31.2 Å². The van der Waals surface area contributed by atoms with Crippen LogP contribution in [-0.4, -0.2) is 19.7 Å². The summed E-state index contributed by atoms with van der Waals surface area (Å²) in [6, 6.07) is 14.3. The van der Waals surface area contributed by atoms with Crippen LogP contribution in [0.4, 0.5) is 0 Å². The maximum absolute atomic E-state index is 11.7. The number of rotatable bonds is 6. The van der Waals surface area contributed by atoms with Crippen molar-refractivity contribution in [3.8, 4) is 17.2 Å². The van der Waals surface area contributed by atoms with E-state index in [2.05, 4.69) is 0 Å². The summed E-state index contributed by atoms with van der Waals surface area (Å²) >= 11 is 0. The predicted molar refractivity (Wildman–Crippen MR) is 85.3 cm³/mol. The minimum atomic E-state index is -0.431. The number of esters is 1. The fraction of sp³-hybridized carbons (Fsp3) is 0.167. The van der Waals surface area contributed by atoms with Gasteiger partial charge in [0.25, 0.3) is 0 Å². The molecule has 0 amide bonds. The maximum atomic E-state index is 11.7. The van der Waals surface area contributed by atoms with Crippen molar-refractivity contribution < 1.29 is 19.0 Å². The van der Waals surface area contributed by atoms with Crippen molar-refractivity contribution in [2.24, 2.45) is 0 Å². The molecule has 2 aromatic carbocycles. The molecule has 4 heteroatoms. The van der Waals surface area contributed by atoms with Gasteiger partial charge in [0.15, 0.2) is 0 Å². The zero-order chi connectivity index (χ0) is 15.8. The highest BCUT2D eigenvalue weighted by molar-refractivity contribution is 5.88. The summed E-state index contributed by atoms with van der Waals surface area (Å²) in [7, 11) is 1.58. The molecule has 0 radical (unpaired) electrons. The first-order valence-corrected chi connectivity index (χ1v) is 6.98. The van der Waals surface area contributed by atoms with E-state index in [1.54, 1.807) is 37.5 Å². The van der Waals surface area contributed by atoms with E-state index >= 15 is 0 Å². The Morgan fingerprint density at radius 3 is 2.14 bits per heavy atom. The van der Waals surface area contributed by atoms with Gasteiger partial charge in [-0.1, -0.05) is 12.1 Å². The lowest BCUT2D eigenvalue weighted by Crippen LogP contribution is -2.03. The largest absolute Gasteiger partial charge is 0.497 e. The molecule has 0 aliphatic carbocycles. The Morgan fingerprint density at radius 2 is 1.55 bits per heavy atom. The van der Waals surface area contributed by atoms with E-state index in [9.17, 15) is 4.79 Å². The summed E-state index contributed by atoms with van der Waals surface area (Å²) < 4.78 is 15.6. The van der Waals surface area contributed by atoms with Crippen LogP contribution in [0, 0.1) is 0 Å². The second-order valence-corrected chi connectivity index (χ2v) is 4.43. The zero-order valence-corrected chi connectivity index (χ0v) is 12.6. The van der Waals surface area contributed by atoms with Gasteiger partial charge in [0.05, 0.1) is 13.7 Å². The molecule has 0 unspecified atom stereocenters. The molecule has 0 N–H and O–H groups in total. The van der Waals surface area contributed by atoms with Crippen molar-refractivity contribution in [3.05, 3.63) is 60.2 Å². The molecule has 0 atom stereocenters. The number of methoxy groups -OCH3 is 1. The average molecular weight is 298 g/mol. The van der Waals surface area contributed by atoms with Crippen LogP contribution in [0.3, 0.4) is 0 Å². The van der Waals surface area contributed by atoms with E-state index in [0.717, 1.165) is 11.3 Å². The summed E-state index contributed by atoms with van der Waals surface area (Å²) in [5, 5.41) is 0. The van der Waals surface area contributed by atoms with Gasteiger partial charge in [0.2, 0.25) is 0 Å². The molecular formula is C18H18O4. The standard InChI is InChI=1S/C18H18O4/c1-3-21-16-7-4-14(5-8-16)6-13-18(19)22-17-11-9-15(20-2)10-12-17/h4-13H,3H2,1-2H3. The Balaban J connectivity index is 1.92. The first-order chi connectivity index (χ1) is 10.7. The van der Waals surface area contributed by atoms with E-state index in [-0.39, 0.29) is 0 Å². The smallest absolute Gasteiger partial charge is 0.336 e. The molecule has 0 saturated heterocycles. The fourth-order valence-corrected chi connectivity index (χ4v) is 1.80. The van der Waals surface area contributed by atoms with E-state index in [4.69, 9.17) is 14.2 Å². The lowest BCUT2D eigenvalue weighted by atomic mass is 10.2.